The predicted molar refractivity (Wildman–Crippen MR) is 86.3 cm³/mol. The molecule has 3 rings (SSSR count). The van der Waals surface area contributed by atoms with E-state index in [2.05, 4.69) is 57.3 Å². The molecule has 2 nitrogen and oxygen atoms in total. The summed E-state index contributed by atoms with van der Waals surface area (Å²) in [5, 5.41) is 4.67. The molecule has 3 heteroatoms. The lowest BCUT2D eigenvalue weighted by molar-refractivity contribution is 0.521. The number of thiazole rings is 1. The quantitative estimate of drug-likeness (QED) is 0.917. The van der Waals surface area contributed by atoms with E-state index in [0.717, 1.165) is 13.0 Å². The van der Waals surface area contributed by atoms with Gasteiger partial charge in [0.15, 0.2) is 0 Å². The molecule has 1 N–H and O–H groups in total. The number of nitrogens with zero attached hydrogens (tertiary/aromatic N) is 1. The average molecular weight is 286 g/mol. The van der Waals surface area contributed by atoms with Gasteiger partial charge < -0.3 is 5.32 Å². The van der Waals surface area contributed by atoms with Gasteiger partial charge in [0, 0.05) is 23.0 Å². The maximum absolute atomic E-state index is 4.89. The molecule has 2 aromatic rings. The maximum atomic E-state index is 4.89. The van der Waals surface area contributed by atoms with Crippen molar-refractivity contribution in [2.75, 3.05) is 0 Å². The van der Waals surface area contributed by atoms with Gasteiger partial charge in [-0.15, -0.1) is 11.3 Å². The highest BCUT2D eigenvalue weighted by Crippen LogP contribution is 2.44. The molecule has 0 radical (unpaired) electrons. The van der Waals surface area contributed by atoms with E-state index < -0.39 is 0 Å². The van der Waals surface area contributed by atoms with Crippen LogP contribution in [0.1, 0.15) is 43.1 Å². The van der Waals surface area contributed by atoms with Gasteiger partial charge in [-0.2, -0.15) is 0 Å². The highest BCUT2D eigenvalue weighted by atomic mass is 32.1. The molecule has 0 amide bonds. The van der Waals surface area contributed by atoms with E-state index in [1.807, 2.05) is 11.3 Å². The summed E-state index contributed by atoms with van der Waals surface area (Å²) in [4.78, 5) is 6.32. The molecule has 106 valence electrons. The Labute approximate surface area is 125 Å². The highest BCUT2D eigenvalue weighted by molar-refractivity contribution is 7.12. The topological polar surface area (TPSA) is 24.9 Å². The minimum absolute atomic E-state index is 0.207. The van der Waals surface area contributed by atoms with Crippen molar-refractivity contribution in [2.24, 2.45) is 0 Å². The molecule has 1 aromatic carbocycles. The first kappa shape index (κ1) is 13.8. The van der Waals surface area contributed by atoms with Crippen LogP contribution < -0.4 is 5.32 Å². The Bertz CT molecular complexity index is 626. The van der Waals surface area contributed by atoms with Crippen LogP contribution in [0.4, 0.5) is 0 Å². The fourth-order valence-electron chi connectivity index (χ4n) is 2.87. The van der Waals surface area contributed by atoms with Crippen molar-refractivity contribution in [1.29, 1.82) is 0 Å². The van der Waals surface area contributed by atoms with Crippen molar-refractivity contribution < 1.29 is 0 Å². The zero-order chi connectivity index (χ0) is 14.3. The van der Waals surface area contributed by atoms with Crippen LogP contribution in [-0.2, 0) is 18.4 Å². The molecule has 1 aliphatic carbocycles. The van der Waals surface area contributed by atoms with E-state index in [4.69, 9.17) is 4.98 Å². The summed E-state index contributed by atoms with van der Waals surface area (Å²) in [5.41, 5.74) is 4.18. The third kappa shape index (κ3) is 2.40. The highest BCUT2D eigenvalue weighted by Gasteiger charge is 2.32. The zero-order valence-corrected chi connectivity index (χ0v) is 13.5. The molecule has 1 aliphatic rings. The second-order valence-electron chi connectivity index (χ2n) is 6.52. The number of aromatic nitrogens is 1. The van der Waals surface area contributed by atoms with Gasteiger partial charge in [0.05, 0.1) is 5.69 Å². The fraction of sp³-hybridized carbons (Fsp3) is 0.471. The van der Waals surface area contributed by atoms with Crippen molar-refractivity contribution >= 4 is 11.3 Å². The van der Waals surface area contributed by atoms with E-state index in [9.17, 15) is 0 Å². The fourth-order valence-corrected chi connectivity index (χ4v) is 4.14. The van der Waals surface area contributed by atoms with E-state index >= 15 is 0 Å². The van der Waals surface area contributed by atoms with Crippen molar-refractivity contribution in [3.05, 3.63) is 39.7 Å². The molecule has 0 spiro atoms. The number of hydrogen-bond acceptors (Lipinski definition) is 3. The van der Waals surface area contributed by atoms with Crippen molar-refractivity contribution in [1.82, 2.24) is 10.3 Å². The predicted octanol–water partition coefficient (Wildman–Crippen LogP) is 4.14. The van der Waals surface area contributed by atoms with Crippen LogP contribution in [0.25, 0.3) is 11.3 Å². The average Bonchev–Trinajstić information content (AvgIpc) is 2.79. The third-order valence-corrected chi connectivity index (χ3v) is 4.97. The Morgan fingerprint density at radius 1 is 1.30 bits per heavy atom. The number of hydrogen-bond donors (Lipinski definition) is 1. The lowest BCUT2D eigenvalue weighted by Gasteiger charge is -2.31. The van der Waals surface area contributed by atoms with Gasteiger partial charge in [-0.25, -0.2) is 4.98 Å². The Balaban J connectivity index is 2.01. The van der Waals surface area contributed by atoms with Crippen LogP contribution in [0, 0.1) is 0 Å². The molecule has 0 atom stereocenters. The van der Waals surface area contributed by atoms with E-state index in [0.29, 0.717) is 6.04 Å². The molecular weight excluding hydrogens is 264 g/mol. The van der Waals surface area contributed by atoms with Gasteiger partial charge in [-0.05, 0) is 17.4 Å². The van der Waals surface area contributed by atoms with Crippen molar-refractivity contribution in [3.63, 3.8) is 0 Å². The van der Waals surface area contributed by atoms with Crippen LogP contribution in [0.3, 0.4) is 0 Å². The molecule has 0 saturated heterocycles. The molecule has 0 fully saturated rings. The number of nitrogens with one attached hydrogen (secondary N) is 1. The van der Waals surface area contributed by atoms with E-state index in [1.165, 1.54) is 26.7 Å². The molecule has 0 aliphatic heterocycles. The van der Waals surface area contributed by atoms with Gasteiger partial charge in [-0.3, -0.25) is 0 Å². The smallest absolute Gasteiger partial charge is 0.107 e. The number of fused-ring (bicyclic) bond motifs is 3. The standard InChI is InChI=1S/C17H22N2S/c1-11(2)18-10-15-19-16-12-7-5-6-8-13(12)17(3,4)9-14(16)20-15/h5-8,11,18H,9-10H2,1-4H3. The first-order valence-corrected chi connectivity index (χ1v) is 8.11. The minimum Gasteiger partial charge on any atom is -0.308 e. The van der Waals surface area contributed by atoms with Crippen molar-refractivity contribution in [3.8, 4) is 11.3 Å². The van der Waals surface area contributed by atoms with Crippen LogP contribution >= 0.6 is 11.3 Å². The monoisotopic (exact) mass is 286 g/mol. The SMILES string of the molecule is CC(C)NCc1nc2c(s1)CC(C)(C)c1ccccc1-2. The van der Waals surface area contributed by atoms with E-state index in [-0.39, 0.29) is 5.41 Å². The summed E-state index contributed by atoms with van der Waals surface area (Å²) in [7, 11) is 0. The summed E-state index contributed by atoms with van der Waals surface area (Å²) < 4.78 is 0. The Kier molecular flexibility index (Phi) is 3.43. The van der Waals surface area contributed by atoms with Crippen LogP contribution in [-0.4, -0.2) is 11.0 Å². The molecule has 1 heterocycles. The molecule has 0 bridgehead atoms. The van der Waals surface area contributed by atoms with E-state index in [1.54, 1.807) is 0 Å². The first-order chi connectivity index (χ1) is 9.47. The normalized spacial score (nSPS) is 16.1. The second-order valence-corrected chi connectivity index (χ2v) is 7.69. The summed E-state index contributed by atoms with van der Waals surface area (Å²) in [6.45, 7) is 9.89. The Hall–Kier alpha value is -1.19. The van der Waals surface area contributed by atoms with Crippen LogP contribution in [0.15, 0.2) is 24.3 Å². The summed E-state index contributed by atoms with van der Waals surface area (Å²) >= 11 is 1.87. The summed E-state index contributed by atoms with van der Waals surface area (Å²) in [6.07, 6.45) is 1.10. The van der Waals surface area contributed by atoms with Gasteiger partial charge >= 0.3 is 0 Å². The van der Waals surface area contributed by atoms with Gasteiger partial charge in [-0.1, -0.05) is 52.0 Å². The molecule has 1 aromatic heterocycles. The molecule has 0 saturated carbocycles. The zero-order valence-electron chi connectivity index (χ0n) is 12.7. The lowest BCUT2D eigenvalue weighted by atomic mass is 9.74. The number of benzene rings is 1. The first-order valence-electron chi connectivity index (χ1n) is 7.29. The molecule has 20 heavy (non-hydrogen) atoms. The van der Waals surface area contributed by atoms with Crippen LogP contribution in [0.2, 0.25) is 0 Å². The Morgan fingerprint density at radius 2 is 2.05 bits per heavy atom. The summed E-state index contributed by atoms with van der Waals surface area (Å²) in [5.74, 6) is 0. The van der Waals surface area contributed by atoms with Gasteiger partial charge in [0.1, 0.15) is 5.01 Å². The maximum Gasteiger partial charge on any atom is 0.107 e. The van der Waals surface area contributed by atoms with Gasteiger partial charge in [0.25, 0.3) is 0 Å². The number of rotatable bonds is 3. The molecule has 0 unspecified atom stereocenters. The largest absolute Gasteiger partial charge is 0.308 e. The van der Waals surface area contributed by atoms with Crippen LogP contribution in [0.5, 0.6) is 0 Å². The molecular formula is C17H22N2S. The lowest BCUT2D eigenvalue weighted by Crippen LogP contribution is -2.24. The third-order valence-electron chi connectivity index (χ3n) is 3.92. The minimum atomic E-state index is 0.207. The summed E-state index contributed by atoms with van der Waals surface area (Å²) in [6, 6.07) is 9.23. The van der Waals surface area contributed by atoms with Gasteiger partial charge in [0.2, 0.25) is 0 Å². The Morgan fingerprint density at radius 3 is 2.80 bits per heavy atom. The van der Waals surface area contributed by atoms with Crippen molar-refractivity contribution in [2.45, 2.75) is 52.1 Å². The second kappa shape index (κ2) is 4.97.